The van der Waals surface area contributed by atoms with E-state index in [0.29, 0.717) is 23.9 Å². The van der Waals surface area contributed by atoms with Gasteiger partial charge in [-0.2, -0.15) is 0 Å². The van der Waals surface area contributed by atoms with Crippen LogP contribution in [-0.4, -0.2) is 19.7 Å². The topological polar surface area (TPSA) is 52.8 Å². The average Bonchev–Trinajstić information content (AvgIpc) is 3.38. The zero-order valence-corrected chi connectivity index (χ0v) is 19.4. The van der Waals surface area contributed by atoms with E-state index in [1.807, 2.05) is 23.6 Å². The molecule has 0 N–H and O–H groups in total. The maximum Gasteiger partial charge on any atom is 0.191 e. The summed E-state index contributed by atoms with van der Waals surface area (Å²) < 4.78 is 20.9. The molecule has 0 unspecified atom stereocenters. The van der Waals surface area contributed by atoms with Gasteiger partial charge in [0.15, 0.2) is 11.0 Å². The van der Waals surface area contributed by atoms with E-state index < -0.39 is 5.82 Å². The van der Waals surface area contributed by atoms with Crippen molar-refractivity contribution in [2.45, 2.75) is 37.9 Å². The summed E-state index contributed by atoms with van der Waals surface area (Å²) in [4.78, 5) is 4.78. The molecule has 5 nitrogen and oxygen atoms in total. The summed E-state index contributed by atoms with van der Waals surface area (Å²) >= 11 is 9.27. The fourth-order valence-electron chi connectivity index (χ4n) is 3.03. The van der Waals surface area contributed by atoms with Crippen molar-refractivity contribution in [3.8, 4) is 16.3 Å². The molecule has 4 aromatic rings. The van der Waals surface area contributed by atoms with Gasteiger partial charge in [-0.05, 0) is 37.6 Å². The lowest BCUT2D eigenvalue weighted by Gasteiger charge is -2.09. The molecular weight excluding hydrogens is 455 g/mol. The standard InChI is InChI=1S/C22H20ClFN4OS2/c1-3-28-20(11-29-19-9-8-15(24)10-18(19)23)26-27-22(28)31-13-16-12-30-21(25-16)17-7-5-4-6-14(17)2/h4-10,12H,3,11,13H2,1-2H3. The Kier molecular flexibility index (Phi) is 6.89. The SMILES string of the molecule is CCn1c(COc2ccc(F)cc2Cl)nnc1SCc1csc(-c2ccccc2C)n1. The number of ether oxygens (including phenoxy) is 1. The second kappa shape index (κ2) is 9.80. The summed E-state index contributed by atoms with van der Waals surface area (Å²) in [5, 5.41) is 12.7. The van der Waals surface area contributed by atoms with Gasteiger partial charge in [0.05, 0.1) is 10.7 Å². The van der Waals surface area contributed by atoms with Crippen molar-refractivity contribution in [3.63, 3.8) is 0 Å². The Morgan fingerprint density at radius 2 is 2.03 bits per heavy atom. The second-order valence-electron chi connectivity index (χ2n) is 6.75. The van der Waals surface area contributed by atoms with Crippen molar-refractivity contribution in [2.24, 2.45) is 0 Å². The van der Waals surface area contributed by atoms with E-state index in [1.54, 1.807) is 23.1 Å². The summed E-state index contributed by atoms with van der Waals surface area (Å²) in [6.45, 7) is 5.02. The minimum absolute atomic E-state index is 0.195. The quantitative estimate of drug-likeness (QED) is 0.277. The molecule has 0 aliphatic rings. The van der Waals surface area contributed by atoms with Crippen molar-refractivity contribution in [1.82, 2.24) is 19.7 Å². The third kappa shape index (κ3) is 5.08. The molecule has 2 aromatic heterocycles. The van der Waals surface area contributed by atoms with Crippen molar-refractivity contribution in [1.29, 1.82) is 0 Å². The highest BCUT2D eigenvalue weighted by Gasteiger charge is 2.14. The van der Waals surface area contributed by atoms with Crippen LogP contribution in [0.4, 0.5) is 4.39 Å². The maximum absolute atomic E-state index is 13.2. The third-order valence-corrected chi connectivity index (χ3v) is 6.86. The van der Waals surface area contributed by atoms with Crippen LogP contribution in [0.25, 0.3) is 10.6 Å². The molecule has 0 saturated carbocycles. The number of thiazole rings is 1. The molecule has 0 spiro atoms. The van der Waals surface area contributed by atoms with Crippen molar-refractivity contribution in [3.05, 3.63) is 75.8 Å². The van der Waals surface area contributed by atoms with Gasteiger partial charge >= 0.3 is 0 Å². The van der Waals surface area contributed by atoms with Crippen LogP contribution in [0, 0.1) is 12.7 Å². The van der Waals surface area contributed by atoms with E-state index in [0.717, 1.165) is 15.9 Å². The Hall–Kier alpha value is -2.42. The van der Waals surface area contributed by atoms with Gasteiger partial charge < -0.3 is 9.30 Å². The molecule has 9 heteroatoms. The van der Waals surface area contributed by atoms with Crippen LogP contribution in [0.15, 0.2) is 53.0 Å². The smallest absolute Gasteiger partial charge is 0.191 e. The number of nitrogens with zero attached hydrogens (tertiary/aromatic N) is 4. The first-order valence-corrected chi connectivity index (χ1v) is 11.9. The monoisotopic (exact) mass is 474 g/mol. The van der Waals surface area contributed by atoms with Gasteiger partial charge in [0, 0.05) is 23.2 Å². The number of halogens is 2. The van der Waals surface area contributed by atoms with Gasteiger partial charge in [0.1, 0.15) is 23.2 Å². The molecule has 0 aliphatic carbocycles. The van der Waals surface area contributed by atoms with Crippen LogP contribution < -0.4 is 4.74 Å². The fraction of sp³-hybridized carbons (Fsp3) is 0.227. The Balaban J connectivity index is 1.42. The van der Waals surface area contributed by atoms with E-state index >= 15 is 0 Å². The Morgan fingerprint density at radius 3 is 2.81 bits per heavy atom. The summed E-state index contributed by atoms with van der Waals surface area (Å²) in [5.74, 6) is 1.39. The lowest BCUT2D eigenvalue weighted by atomic mass is 10.1. The number of rotatable bonds is 8. The normalized spacial score (nSPS) is 11.1. The van der Waals surface area contributed by atoms with Crippen molar-refractivity contribution >= 4 is 34.7 Å². The number of hydrogen-bond acceptors (Lipinski definition) is 6. The number of hydrogen-bond donors (Lipinski definition) is 0. The Morgan fingerprint density at radius 1 is 1.19 bits per heavy atom. The molecule has 0 saturated heterocycles. The number of aromatic nitrogens is 4. The van der Waals surface area contributed by atoms with E-state index in [9.17, 15) is 4.39 Å². The van der Waals surface area contributed by atoms with E-state index in [4.69, 9.17) is 21.3 Å². The molecule has 31 heavy (non-hydrogen) atoms. The second-order valence-corrected chi connectivity index (χ2v) is 8.96. The number of thioether (sulfide) groups is 1. The predicted molar refractivity (Wildman–Crippen MR) is 123 cm³/mol. The molecule has 0 amide bonds. The first-order chi connectivity index (χ1) is 15.0. The third-order valence-electron chi connectivity index (χ3n) is 4.64. The van der Waals surface area contributed by atoms with Gasteiger partial charge in [-0.25, -0.2) is 9.37 Å². The zero-order valence-electron chi connectivity index (χ0n) is 17.0. The Labute approximate surface area is 193 Å². The molecule has 0 bridgehead atoms. The highest BCUT2D eigenvalue weighted by molar-refractivity contribution is 7.98. The highest BCUT2D eigenvalue weighted by atomic mass is 35.5. The first-order valence-electron chi connectivity index (χ1n) is 9.68. The van der Waals surface area contributed by atoms with Crippen molar-refractivity contribution in [2.75, 3.05) is 0 Å². The van der Waals surface area contributed by atoms with Crippen LogP contribution in [0.1, 0.15) is 24.0 Å². The van der Waals surface area contributed by atoms with Crippen LogP contribution in [0.3, 0.4) is 0 Å². The van der Waals surface area contributed by atoms with Crippen LogP contribution >= 0.6 is 34.7 Å². The average molecular weight is 475 g/mol. The zero-order chi connectivity index (χ0) is 21.8. The summed E-state index contributed by atoms with van der Waals surface area (Å²) in [7, 11) is 0. The van der Waals surface area contributed by atoms with E-state index in [-0.39, 0.29) is 11.6 Å². The van der Waals surface area contributed by atoms with E-state index in [2.05, 4.69) is 34.6 Å². The molecule has 0 aliphatic heterocycles. The molecule has 0 radical (unpaired) electrons. The largest absolute Gasteiger partial charge is 0.484 e. The lowest BCUT2D eigenvalue weighted by Crippen LogP contribution is -2.07. The number of benzene rings is 2. The van der Waals surface area contributed by atoms with Gasteiger partial charge in [-0.3, -0.25) is 0 Å². The van der Waals surface area contributed by atoms with Crippen LogP contribution in [0.2, 0.25) is 5.02 Å². The molecule has 2 aromatic carbocycles. The molecular formula is C22H20ClFN4OS2. The summed E-state index contributed by atoms with van der Waals surface area (Å²) in [5.41, 5.74) is 3.39. The minimum Gasteiger partial charge on any atom is -0.484 e. The predicted octanol–water partition coefficient (Wildman–Crippen LogP) is 6.39. The van der Waals surface area contributed by atoms with Crippen LogP contribution in [-0.2, 0) is 18.9 Å². The molecule has 0 fully saturated rings. The maximum atomic E-state index is 13.2. The summed E-state index contributed by atoms with van der Waals surface area (Å²) in [6, 6.07) is 12.3. The van der Waals surface area contributed by atoms with E-state index in [1.165, 1.54) is 29.3 Å². The fourth-order valence-corrected chi connectivity index (χ4v) is 5.18. The Bertz CT molecular complexity index is 1190. The lowest BCUT2D eigenvalue weighted by molar-refractivity contribution is 0.288. The summed E-state index contributed by atoms with van der Waals surface area (Å²) in [6.07, 6.45) is 0. The van der Waals surface area contributed by atoms with Gasteiger partial charge in [-0.1, -0.05) is 47.6 Å². The van der Waals surface area contributed by atoms with Gasteiger partial charge in [-0.15, -0.1) is 21.5 Å². The highest BCUT2D eigenvalue weighted by Crippen LogP contribution is 2.30. The molecule has 2 heterocycles. The molecule has 160 valence electrons. The number of aryl methyl sites for hydroxylation is 1. The molecule has 0 atom stereocenters. The first kappa shape index (κ1) is 21.8. The van der Waals surface area contributed by atoms with Crippen molar-refractivity contribution < 1.29 is 9.13 Å². The minimum atomic E-state index is -0.402. The van der Waals surface area contributed by atoms with Crippen LogP contribution in [0.5, 0.6) is 5.75 Å². The van der Waals surface area contributed by atoms with Gasteiger partial charge in [0.25, 0.3) is 0 Å². The molecule has 4 rings (SSSR count). The van der Waals surface area contributed by atoms with Gasteiger partial charge in [0.2, 0.25) is 0 Å².